The smallest absolute Gasteiger partial charge is 0.237 e. The zero-order chi connectivity index (χ0) is 27.4. The molecule has 0 N–H and O–H groups in total. The number of para-hydroxylation sites is 3. The molecule has 9 aromatic rings. The normalized spacial score (nSPS) is 12.7. The Kier molecular flexibility index (Phi) is 4.50. The molecule has 6 heteroatoms. The van der Waals surface area contributed by atoms with Crippen molar-refractivity contribution in [1.29, 1.82) is 0 Å². The summed E-state index contributed by atoms with van der Waals surface area (Å²) in [5.74, 6) is 0.687. The van der Waals surface area contributed by atoms with E-state index in [1.807, 2.05) is 11.8 Å². The largest absolute Gasteiger partial charge is 0.293 e. The lowest BCUT2D eigenvalue weighted by Gasteiger charge is -2.20. The lowest BCUT2D eigenvalue weighted by molar-refractivity contribution is 0.965. The third kappa shape index (κ3) is 2.92. The number of hydrogen-bond donors (Lipinski definition) is 0. The summed E-state index contributed by atoms with van der Waals surface area (Å²) >= 11 is 3.61. The number of hydrogen-bond acceptors (Lipinski definition) is 4. The minimum atomic E-state index is 0.687. The van der Waals surface area contributed by atoms with Crippen LogP contribution in [0.3, 0.4) is 0 Å². The summed E-state index contributed by atoms with van der Waals surface area (Å²) in [4.78, 5) is 13.3. The highest BCUT2D eigenvalue weighted by molar-refractivity contribution is 7.99. The first-order valence-electron chi connectivity index (χ1n) is 13.9. The summed E-state index contributed by atoms with van der Waals surface area (Å²) < 4.78 is 7.06. The molecule has 0 aliphatic carbocycles. The molecular weight excluding hydrogens is 553 g/mol. The Morgan fingerprint density at radius 1 is 0.571 bits per heavy atom. The molecule has 0 saturated carbocycles. The van der Waals surface area contributed by atoms with Gasteiger partial charge in [0.05, 0.1) is 32.6 Å². The molecule has 5 heterocycles. The molecule has 4 nitrogen and oxygen atoms in total. The first-order valence-corrected chi connectivity index (χ1v) is 15.6. The Morgan fingerprint density at radius 3 is 2.24 bits per heavy atom. The van der Waals surface area contributed by atoms with Crippen LogP contribution in [0.15, 0.2) is 131 Å². The highest BCUT2D eigenvalue weighted by atomic mass is 32.2. The van der Waals surface area contributed by atoms with E-state index < -0.39 is 0 Å². The fourth-order valence-corrected chi connectivity index (χ4v) is 8.85. The van der Waals surface area contributed by atoms with E-state index >= 15 is 0 Å². The summed E-state index contributed by atoms with van der Waals surface area (Å²) in [7, 11) is 0. The molecule has 4 aromatic heterocycles. The standard InChI is InChI=1S/C36H20N4S2/c1-2-11-21(12-3-1)31-34-32(23-14-5-8-18-27(23)42-34)38-36(37-31)40-25-16-6-4-13-22(25)30-24-15-10-20-29-33(24)39(35(30)40)26-17-7-9-19-28(26)41-29/h1-20H. The molecule has 0 atom stereocenters. The maximum Gasteiger partial charge on any atom is 0.237 e. The molecule has 42 heavy (non-hydrogen) atoms. The van der Waals surface area contributed by atoms with E-state index in [0.717, 1.165) is 38.0 Å². The molecule has 5 aromatic carbocycles. The van der Waals surface area contributed by atoms with Crippen molar-refractivity contribution in [3.05, 3.63) is 121 Å². The Morgan fingerprint density at radius 2 is 1.31 bits per heavy atom. The molecule has 0 amide bonds. The molecular formula is C36H20N4S2. The molecule has 1 aliphatic heterocycles. The molecule has 0 bridgehead atoms. The number of thiophene rings is 1. The van der Waals surface area contributed by atoms with Gasteiger partial charge in [-0.05, 0) is 30.3 Å². The Balaban J connectivity index is 1.43. The lowest BCUT2D eigenvalue weighted by atomic mass is 10.1. The van der Waals surface area contributed by atoms with Crippen molar-refractivity contribution in [2.24, 2.45) is 0 Å². The van der Waals surface area contributed by atoms with Gasteiger partial charge in [-0.2, -0.15) is 0 Å². The molecule has 10 rings (SSSR count). The Bertz CT molecular complexity index is 2550. The quantitative estimate of drug-likeness (QED) is 0.207. The van der Waals surface area contributed by atoms with Crippen LogP contribution in [0.5, 0.6) is 0 Å². The van der Waals surface area contributed by atoms with E-state index in [0.29, 0.717) is 5.95 Å². The van der Waals surface area contributed by atoms with Crippen molar-refractivity contribution in [1.82, 2.24) is 19.1 Å². The number of fused-ring (bicyclic) bond motifs is 10. The summed E-state index contributed by atoms with van der Waals surface area (Å²) in [6, 6.07) is 43.1. The van der Waals surface area contributed by atoms with Crippen molar-refractivity contribution >= 4 is 76.2 Å². The van der Waals surface area contributed by atoms with E-state index in [9.17, 15) is 0 Å². The average molecular weight is 573 g/mol. The summed E-state index contributed by atoms with van der Waals surface area (Å²) in [5, 5.41) is 4.86. The second-order valence-corrected chi connectivity index (χ2v) is 12.8. The minimum absolute atomic E-state index is 0.687. The number of benzene rings is 5. The summed E-state index contributed by atoms with van der Waals surface area (Å²) in [5.41, 5.74) is 7.70. The molecule has 0 fully saturated rings. The van der Waals surface area contributed by atoms with Crippen molar-refractivity contribution < 1.29 is 0 Å². The minimum Gasteiger partial charge on any atom is -0.293 e. The second-order valence-electron chi connectivity index (χ2n) is 10.6. The van der Waals surface area contributed by atoms with Crippen LogP contribution >= 0.6 is 23.1 Å². The van der Waals surface area contributed by atoms with Crippen LogP contribution in [-0.4, -0.2) is 19.1 Å². The van der Waals surface area contributed by atoms with E-state index in [1.54, 1.807) is 11.3 Å². The van der Waals surface area contributed by atoms with E-state index in [2.05, 4.69) is 130 Å². The van der Waals surface area contributed by atoms with Gasteiger partial charge in [0, 0.05) is 41.6 Å². The average Bonchev–Trinajstić information content (AvgIpc) is 3.70. The lowest BCUT2D eigenvalue weighted by Crippen LogP contribution is -2.08. The number of nitrogens with zero attached hydrogens (tertiary/aromatic N) is 4. The van der Waals surface area contributed by atoms with Crippen LogP contribution in [0.1, 0.15) is 0 Å². The predicted octanol–water partition coefficient (Wildman–Crippen LogP) is 10.0. The SMILES string of the molecule is c1ccc(-c2nc(-n3c4ccccc4c4c5cccc6c5n(c43)-c3ccccc3S6)nc3c2sc2ccccc23)cc1. The highest BCUT2D eigenvalue weighted by Gasteiger charge is 2.29. The molecule has 1 aliphatic rings. The van der Waals surface area contributed by atoms with Crippen molar-refractivity contribution in [3.63, 3.8) is 0 Å². The van der Waals surface area contributed by atoms with Crippen LogP contribution in [0.2, 0.25) is 0 Å². The van der Waals surface area contributed by atoms with Gasteiger partial charge in [0.2, 0.25) is 5.95 Å². The monoisotopic (exact) mass is 572 g/mol. The van der Waals surface area contributed by atoms with Gasteiger partial charge in [0.25, 0.3) is 0 Å². The zero-order valence-electron chi connectivity index (χ0n) is 22.2. The topological polar surface area (TPSA) is 35.6 Å². The third-order valence-corrected chi connectivity index (χ3v) is 10.6. The van der Waals surface area contributed by atoms with Gasteiger partial charge >= 0.3 is 0 Å². The van der Waals surface area contributed by atoms with Gasteiger partial charge in [0.1, 0.15) is 5.65 Å². The van der Waals surface area contributed by atoms with Crippen molar-refractivity contribution in [2.75, 3.05) is 0 Å². The molecule has 196 valence electrons. The molecule has 0 unspecified atom stereocenters. The van der Waals surface area contributed by atoms with Crippen LogP contribution in [0.25, 0.3) is 76.0 Å². The van der Waals surface area contributed by atoms with E-state index in [4.69, 9.17) is 9.97 Å². The first kappa shape index (κ1) is 22.7. The van der Waals surface area contributed by atoms with Crippen molar-refractivity contribution in [3.8, 4) is 22.9 Å². The molecule has 0 saturated heterocycles. The molecule has 0 spiro atoms. The summed E-state index contributed by atoms with van der Waals surface area (Å²) in [6.45, 7) is 0. The zero-order valence-corrected chi connectivity index (χ0v) is 23.8. The fraction of sp³-hybridized carbons (Fsp3) is 0. The van der Waals surface area contributed by atoms with Gasteiger partial charge in [0.15, 0.2) is 0 Å². The Hall–Kier alpha value is -4.91. The van der Waals surface area contributed by atoms with Crippen molar-refractivity contribution in [2.45, 2.75) is 9.79 Å². The predicted molar refractivity (Wildman–Crippen MR) is 176 cm³/mol. The van der Waals surface area contributed by atoms with Crippen LogP contribution in [-0.2, 0) is 0 Å². The van der Waals surface area contributed by atoms with Gasteiger partial charge in [-0.3, -0.25) is 9.13 Å². The van der Waals surface area contributed by atoms with Gasteiger partial charge < -0.3 is 0 Å². The second kappa shape index (κ2) is 8.32. The fourth-order valence-electron chi connectivity index (χ4n) is 6.60. The third-order valence-electron chi connectivity index (χ3n) is 8.33. The number of rotatable bonds is 2. The Labute approximate surface area is 248 Å². The molecule has 0 radical (unpaired) electrons. The van der Waals surface area contributed by atoms with Crippen LogP contribution in [0, 0.1) is 0 Å². The number of aromatic nitrogens is 4. The maximum absolute atomic E-state index is 5.39. The van der Waals surface area contributed by atoms with E-state index in [1.165, 1.54) is 41.9 Å². The highest BCUT2D eigenvalue weighted by Crippen LogP contribution is 2.49. The van der Waals surface area contributed by atoms with E-state index in [-0.39, 0.29) is 0 Å². The van der Waals surface area contributed by atoms with Gasteiger partial charge in [-0.1, -0.05) is 103 Å². The maximum atomic E-state index is 5.39. The van der Waals surface area contributed by atoms with Gasteiger partial charge in [-0.15, -0.1) is 11.3 Å². The van der Waals surface area contributed by atoms with Crippen LogP contribution < -0.4 is 0 Å². The summed E-state index contributed by atoms with van der Waals surface area (Å²) in [6.07, 6.45) is 0. The van der Waals surface area contributed by atoms with Gasteiger partial charge in [-0.25, -0.2) is 9.97 Å². The first-order chi connectivity index (χ1) is 20.8. The van der Waals surface area contributed by atoms with Crippen LogP contribution in [0.4, 0.5) is 0 Å².